The highest BCUT2D eigenvalue weighted by molar-refractivity contribution is 9.11. The molecule has 1 nitrogen and oxygen atoms in total. The van der Waals surface area contributed by atoms with Crippen molar-refractivity contribution >= 4 is 37.6 Å². The summed E-state index contributed by atoms with van der Waals surface area (Å²) in [6.45, 7) is 0. The molecule has 0 aromatic rings. The maximum absolute atomic E-state index is 11.8. The van der Waals surface area contributed by atoms with Gasteiger partial charge in [-0.1, -0.05) is 68.3 Å². The third kappa shape index (κ3) is 2.36. The first kappa shape index (κ1) is 11.8. The van der Waals surface area contributed by atoms with Gasteiger partial charge in [0.1, 0.15) is 0 Å². The summed E-state index contributed by atoms with van der Waals surface area (Å²) in [4.78, 5) is 11.8. The first-order valence-corrected chi connectivity index (χ1v) is 6.87. The van der Waals surface area contributed by atoms with Gasteiger partial charge in [0.15, 0.2) is 5.78 Å². The Morgan fingerprint density at radius 3 is 2.88 bits per heavy atom. The van der Waals surface area contributed by atoms with Gasteiger partial charge < -0.3 is 0 Å². The lowest BCUT2D eigenvalue weighted by molar-refractivity contribution is -0.112. The number of carbonyl (C=O) groups is 1. The molecule has 0 saturated carbocycles. The highest BCUT2D eigenvalue weighted by Crippen LogP contribution is 2.31. The SMILES string of the molecule is O=C(CBr)C1=CC=CC2C=C(Br)C=CC=C12. The van der Waals surface area contributed by atoms with Crippen molar-refractivity contribution in [3.8, 4) is 0 Å². The maximum Gasteiger partial charge on any atom is 0.173 e. The largest absolute Gasteiger partial charge is 0.293 e. The van der Waals surface area contributed by atoms with Gasteiger partial charge in [0, 0.05) is 16.0 Å². The molecule has 0 aromatic heterocycles. The number of ketones is 1. The van der Waals surface area contributed by atoms with E-state index in [1.54, 1.807) is 0 Å². The van der Waals surface area contributed by atoms with Crippen LogP contribution in [0.2, 0.25) is 0 Å². The molecule has 0 heterocycles. The summed E-state index contributed by atoms with van der Waals surface area (Å²) < 4.78 is 1.04. The Labute approximate surface area is 112 Å². The van der Waals surface area contributed by atoms with Crippen molar-refractivity contribution in [2.24, 2.45) is 5.92 Å². The molecule has 82 valence electrons. The van der Waals surface area contributed by atoms with E-state index in [0.717, 1.165) is 15.6 Å². The lowest BCUT2D eigenvalue weighted by Crippen LogP contribution is -2.13. The van der Waals surface area contributed by atoms with E-state index in [9.17, 15) is 4.79 Å². The minimum absolute atomic E-state index is 0.125. The third-order valence-electron chi connectivity index (χ3n) is 2.54. The van der Waals surface area contributed by atoms with E-state index in [-0.39, 0.29) is 11.7 Å². The molecule has 0 aromatic carbocycles. The molecule has 0 amide bonds. The zero-order valence-electron chi connectivity index (χ0n) is 8.49. The molecule has 2 rings (SSSR count). The maximum atomic E-state index is 11.8. The minimum atomic E-state index is 0.125. The lowest BCUT2D eigenvalue weighted by atomic mass is 9.86. The number of hydrogen-bond acceptors (Lipinski definition) is 1. The summed E-state index contributed by atoms with van der Waals surface area (Å²) >= 11 is 6.68. The Bertz CT molecular complexity index is 464. The number of Topliss-reactive ketones (excluding diaryl/α,β-unsaturated/α-hetero) is 1. The van der Waals surface area contributed by atoms with Crippen LogP contribution in [0.25, 0.3) is 0 Å². The van der Waals surface area contributed by atoms with E-state index >= 15 is 0 Å². The predicted molar refractivity (Wildman–Crippen MR) is 73.7 cm³/mol. The molecule has 16 heavy (non-hydrogen) atoms. The second-order valence-electron chi connectivity index (χ2n) is 3.58. The van der Waals surface area contributed by atoms with Gasteiger partial charge in [-0.3, -0.25) is 4.79 Å². The minimum Gasteiger partial charge on any atom is -0.293 e. The molecule has 0 fully saturated rings. The molecule has 0 bridgehead atoms. The molecule has 2 aliphatic rings. The Morgan fingerprint density at radius 1 is 1.31 bits per heavy atom. The van der Waals surface area contributed by atoms with Crippen LogP contribution < -0.4 is 0 Å². The van der Waals surface area contributed by atoms with Gasteiger partial charge >= 0.3 is 0 Å². The van der Waals surface area contributed by atoms with Gasteiger partial charge in [-0.25, -0.2) is 0 Å². The zero-order valence-corrected chi connectivity index (χ0v) is 11.7. The number of hydrogen-bond donors (Lipinski definition) is 0. The number of carbonyl (C=O) groups excluding carboxylic acids is 1. The smallest absolute Gasteiger partial charge is 0.173 e. The monoisotopic (exact) mass is 340 g/mol. The fourth-order valence-corrected chi connectivity index (χ4v) is 2.53. The summed E-state index contributed by atoms with van der Waals surface area (Å²) in [5.74, 6) is 0.313. The Kier molecular flexibility index (Phi) is 3.77. The van der Waals surface area contributed by atoms with E-state index in [1.165, 1.54) is 0 Å². The average molecular weight is 342 g/mol. The zero-order chi connectivity index (χ0) is 11.5. The fraction of sp³-hybridized carbons (Fsp3) is 0.154. The standard InChI is InChI=1S/C13H10Br2O/c14-8-13(16)12-6-1-3-9-7-10(15)4-2-5-11(9)12/h1-7,9H,8H2. The number of fused-ring (bicyclic) bond motifs is 1. The Balaban J connectivity index is 2.41. The van der Waals surface area contributed by atoms with E-state index in [0.29, 0.717) is 5.33 Å². The summed E-state index contributed by atoms with van der Waals surface area (Å²) in [6.07, 6.45) is 14.0. The molecule has 3 heteroatoms. The van der Waals surface area contributed by atoms with Crippen LogP contribution in [0.1, 0.15) is 0 Å². The van der Waals surface area contributed by atoms with Crippen LogP contribution in [0.15, 0.2) is 58.2 Å². The van der Waals surface area contributed by atoms with Crippen LogP contribution >= 0.6 is 31.9 Å². The van der Waals surface area contributed by atoms with E-state index < -0.39 is 0 Å². The normalized spacial score (nSPS) is 22.9. The van der Waals surface area contributed by atoms with Crippen molar-refractivity contribution in [3.63, 3.8) is 0 Å². The van der Waals surface area contributed by atoms with Crippen molar-refractivity contribution in [3.05, 3.63) is 58.2 Å². The number of allylic oxidation sites excluding steroid dienone is 10. The van der Waals surface area contributed by atoms with Gasteiger partial charge in [-0.05, 0) is 11.6 Å². The number of halogens is 2. The van der Waals surface area contributed by atoms with Crippen LogP contribution in [-0.4, -0.2) is 11.1 Å². The van der Waals surface area contributed by atoms with Crippen LogP contribution in [0.3, 0.4) is 0 Å². The summed E-state index contributed by atoms with van der Waals surface area (Å²) in [7, 11) is 0. The quantitative estimate of drug-likeness (QED) is 0.697. The molecule has 0 radical (unpaired) electrons. The van der Waals surface area contributed by atoms with Gasteiger partial charge in [-0.2, -0.15) is 0 Å². The molecule has 0 spiro atoms. The predicted octanol–water partition coefficient (Wildman–Crippen LogP) is 3.84. The average Bonchev–Trinajstić information content (AvgIpc) is 2.48. The molecule has 0 N–H and O–H groups in total. The van der Waals surface area contributed by atoms with Gasteiger partial charge in [0.05, 0.1) is 5.33 Å². The van der Waals surface area contributed by atoms with Crippen LogP contribution in [0.4, 0.5) is 0 Å². The van der Waals surface area contributed by atoms with E-state index in [1.807, 2.05) is 30.4 Å². The molecular formula is C13H10Br2O. The topological polar surface area (TPSA) is 17.1 Å². The summed E-state index contributed by atoms with van der Waals surface area (Å²) in [6, 6.07) is 0. The highest BCUT2D eigenvalue weighted by atomic mass is 79.9. The van der Waals surface area contributed by atoms with Crippen LogP contribution in [0.5, 0.6) is 0 Å². The van der Waals surface area contributed by atoms with Gasteiger partial charge in [-0.15, -0.1) is 0 Å². The first-order chi connectivity index (χ1) is 7.72. The number of alkyl halides is 1. The number of rotatable bonds is 2. The summed E-state index contributed by atoms with van der Waals surface area (Å²) in [5.41, 5.74) is 1.87. The molecule has 1 atom stereocenters. The molecule has 2 aliphatic carbocycles. The van der Waals surface area contributed by atoms with Gasteiger partial charge in [0.2, 0.25) is 0 Å². The second kappa shape index (κ2) is 5.11. The van der Waals surface area contributed by atoms with Crippen molar-refractivity contribution < 1.29 is 4.79 Å². The third-order valence-corrected chi connectivity index (χ3v) is 3.58. The molecular weight excluding hydrogens is 332 g/mol. The molecule has 1 unspecified atom stereocenters. The van der Waals surface area contributed by atoms with Gasteiger partial charge in [0.25, 0.3) is 0 Å². The van der Waals surface area contributed by atoms with E-state index in [4.69, 9.17) is 0 Å². The molecule has 0 saturated heterocycles. The van der Waals surface area contributed by atoms with Crippen molar-refractivity contribution in [2.45, 2.75) is 0 Å². The van der Waals surface area contributed by atoms with Crippen molar-refractivity contribution in [1.82, 2.24) is 0 Å². The lowest BCUT2D eigenvalue weighted by Gasteiger charge is -2.18. The summed E-state index contributed by atoms with van der Waals surface area (Å²) in [5, 5.41) is 0.366. The van der Waals surface area contributed by atoms with Crippen LogP contribution in [-0.2, 0) is 4.79 Å². The first-order valence-electron chi connectivity index (χ1n) is 4.96. The molecule has 0 aliphatic heterocycles. The highest BCUT2D eigenvalue weighted by Gasteiger charge is 2.21. The Hall–Kier alpha value is -0.670. The van der Waals surface area contributed by atoms with Crippen molar-refractivity contribution in [2.75, 3.05) is 5.33 Å². The van der Waals surface area contributed by atoms with Crippen molar-refractivity contribution in [1.29, 1.82) is 0 Å². The fourth-order valence-electron chi connectivity index (χ4n) is 1.79. The Morgan fingerprint density at radius 2 is 2.12 bits per heavy atom. The second-order valence-corrected chi connectivity index (χ2v) is 5.06. The van der Waals surface area contributed by atoms with E-state index in [2.05, 4.69) is 44.0 Å². The van der Waals surface area contributed by atoms with Crippen LogP contribution in [0, 0.1) is 5.92 Å².